The van der Waals surface area contributed by atoms with Gasteiger partial charge in [0.05, 0.1) is 18.3 Å². The van der Waals surface area contributed by atoms with E-state index in [4.69, 9.17) is 4.74 Å². The van der Waals surface area contributed by atoms with Crippen LogP contribution in [0.2, 0.25) is 0 Å². The Kier molecular flexibility index (Phi) is 4.62. The fourth-order valence-electron chi connectivity index (χ4n) is 3.18. The van der Waals surface area contributed by atoms with E-state index in [0.717, 1.165) is 39.5 Å². The van der Waals surface area contributed by atoms with Crippen molar-refractivity contribution in [1.29, 1.82) is 0 Å². The number of rotatable bonds is 5. The minimum Gasteiger partial charge on any atom is -0.491 e. The Morgan fingerprint density at radius 3 is 3.12 bits per heavy atom. The quantitative estimate of drug-likeness (QED) is 0.688. The van der Waals surface area contributed by atoms with Gasteiger partial charge in [0.1, 0.15) is 23.3 Å². The van der Waals surface area contributed by atoms with Gasteiger partial charge in [-0.1, -0.05) is 22.0 Å². The van der Waals surface area contributed by atoms with Crippen molar-refractivity contribution in [3.63, 3.8) is 0 Å². The van der Waals surface area contributed by atoms with Crippen LogP contribution in [0.5, 0.6) is 5.75 Å². The summed E-state index contributed by atoms with van der Waals surface area (Å²) < 4.78 is 8.00. The topological polar surface area (TPSA) is 64.4 Å². The van der Waals surface area contributed by atoms with Gasteiger partial charge in [-0.2, -0.15) is 0 Å². The lowest BCUT2D eigenvalue weighted by Crippen LogP contribution is -2.30. The molecule has 1 aromatic carbocycles. The Labute approximate surface area is 157 Å². The molecule has 1 atom stereocenters. The van der Waals surface area contributed by atoms with Gasteiger partial charge in [-0.05, 0) is 43.0 Å². The predicted octanol–water partition coefficient (Wildman–Crippen LogP) is 3.15. The van der Waals surface area contributed by atoms with Gasteiger partial charge in [-0.25, -0.2) is 4.98 Å². The molecular weight excluding hydrogens is 404 g/mol. The standard InChI is InChI=1S/C18H17BrN2O3S/c19-11-3-1-4-13(7-11)24-9-12(22)8-21-10-20-17-16(18(21)23)14-5-2-6-15(14)25-17/h1,3-4,7,10,12,22H,2,5-6,8-9H2/t12-/m0/s1. The van der Waals surface area contributed by atoms with Crippen LogP contribution in [0.4, 0.5) is 0 Å². The number of nitrogens with zero attached hydrogens (tertiary/aromatic N) is 2. The third kappa shape index (κ3) is 3.36. The van der Waals surface area contributed by atoms with Crippen molar-refractivity contribution in [2.45, 2.75) is 31.9 Å². The van der Waals surface area contributed by atoms with E-state index in [1.165, 1.54) is 15.8 Å². The fraction of sp³-hybridized carbons (Fsp3) is 0.333. The largest absolute Gasteiger partial charge is 0.491 e. The summed E-state index contributed by atoms with van der Waals surface area (Å²) in [5.74, 6) is 0.671. The Balaban J connectivity index is 1.50. The molecule has 1 aliphatic rings. The second-order valence-corrected chi connectivity index (χ2v) is 8.16. The molecule has 5 nitrogen and oxygen atoms in total. The van der Waals surface area contributed by atoms with Gasteiger partial charge in [0.15, 0.2) is 0 Å². The normalized spacial score (nSPS) is 14.6. The van der Waals surface area contributed by atoms with Gasteiger partial charge in [-0.15, -0.1) is 11.3 Å². The van der Waals surface area contributed by atoms with Crippen LogP contribution in [0.25, 0.3) is 10.2 Å². The molecule has 2 heterocycles. The number of aromatic nitrogens is 2. The molecule has 25 heavy (non-hydrogen) atoms. The zero-order valence-electron chi connectivity index (χ0n) is 13.4. The number of hydrogen-bond donors (Lipinski definition) is 1. The van der Waals surface area contributed by atoms with Crippen molar-refractivity contribution in [3.05, 3.63) is 55.9 Å². The first-order valence-electron chi connectivity index (χ1n) is 8.18. The van der Waals surface area contributed by atoms with E-state index in [1.54, 1.807) is 11.3 Å². The first-order valence-corrected chi connectivity index (χ1v) is 9.79. The molecule has 4 rings (SSSR count). The van der Waals surface area contributed by atoms with E-state index in [-0.39, 0.29) is 18.7 Å². The molecule has 0 spiro atoms. The number of aliphatic hydroxyl groups is 1. The summed E-state index contributed by atoms with van der Waals surface area (Å²) in [6, 6.07) is 7.43. The molecule has 1 N–H and O–H groups in total. The minimum absolute atomic E-state index is 0.0640. The number of hydrogen-bond acceptors (Lipinski definition) is 5. The number of benzene rings is 1. The van der Waals surface area contributed by atoms with Crippen LogP contribution < -0.4 is 10.3 Å². The molecule has 0 saturated heterocycles. The van der Waals surface area contributed by atoms with Crippen LogP contribution in [0.3, 0.4) is 0 Å². The van der Waals surface area contributed by atoms with Crippen LogP contribution in [-0.4, -0.2) is 27.4 Å². The Bertz CT molecular complexity index is 982. The van der Waals surface area contributed by atoms with Crippen LogP contribution in [0, 0.1) is 0 Å². The number of aliphatic hydroxyl groups excluding tert-OH is 1. The molecule has 130 valence electrons. The number of aryl methyl sites for hydroxylation is 2. The van der Waals surface area contributed by atoms with E-state index in [1.807, 2.05) is 24.3 Å². The van der Waals surface area contributed by atoms with Gasteiger partial charge in [0, 0.05) is 9.35 Å². The van der Waals surface area contributed by atoms with Gasteiger partial charge >= 0.3 is 0 Å². The third-order valence-corrected chi connectivity index (χ3v) is 6.03. The van der Waals surface area contributed by atoms with Gasteiger partial charge in [0.2, 0.25) is 0 Å². The SMILES string of the molecule is O=c1c2c3c(sc2ncn1C[C@H](O)COc1cccc(Br)c1)CCC3. The summed E-state index contributed by atoms with van der Waals surface area (Å²) in [6.07, 6.45) is 3.83. The van der Waals surface area contributed by atoms with Crippen LogP contribution in [0.15, 0.2) is 39.9 Å². The first kappa shape index (κ1) is 16.8. The number of halogens is 1. The maximum atomic E-state index is 12.8. The zero-order valence-corrected chi connectivity index (χ0v) is 15.8. The van der Waals surface area contributed by atoms with Crippen molar-refractivity contribution in [2.24, 2.45) is 0 Å². The highest BCUT2D eigenvalue weighted by Crippen LogP contribution is 2.34. The van der Waals surface area contributed by atoms with Crippen molar-refractivity contribution in [3.8, 4) is 5.75 Å². The van der Waals surface area contributed by atoms with E-state index in [0.29, 0.717) is 5.75 Å². The molecule has 0 fully saturated rings. The third-order valence-electron chi connectivity index (χ3n) is 4.34. The number of fused-ring (bicyclic) bond motifs is 3. The lowest BCUT2D eigenvalue weighted by Gasteiger charge is -2.14. The van der Waals surface area contributed by atoms with Crippen molar-refractivity contribution in [1.82, 2.24) is 9.55 Å². The zero-order chi connectivity index (χ0) is 17.4. The Morgan fingerprint density at radius 1 is 1.40 bits per heavy atom. The molecule has 0 bridgehead atoms. The maximum Gasteiger partial charge on any atom is 0.262 e. The summed E-state index contributed by atoms with van der Waals surface area (Å²) in [6.45, 7) is 0.281. The summed E-state index contributed by atoms with van der Waals surface area (Å²) in [4.78, 5) is 19.3. The fourth-order valence-corrected chi connectivity index (χ4v) is 4.78. The molecule has 0 amide bonds. The van der Waals surface area contributed by atoms with E-state index in [9.17, 15) is 9.90 Å². The summed E-state index contributed by atoms with van der Waals surface area (Å²) >= 11 is 5.00. The maximum absolute atomic E-state index is 12.8. The predicted molar refractivity (Wildman–Crippen MR) is 102 cm³/mol. The molecule has 0 aliphatic heterocycles. The van der Waals surface area contributed by atoms with E-state index >= 15 is 0 Å². The minimum atomic E-state index is -0.789. The van der Waals surface area contributed by atoms with Crippen molar-refractivity contribution < 1.29 is 9.84 Å². The van der Waals surface area contributed by atoms with Gasteiger partial charge in [0.25, 0.3) is 5.56 Å². The second kappa shape index (κ2) is 6.90. The lowest BCUT2D eigenvalue weighted by atomic mass is 10.2. The monoisotopic (exact) mass is 420 g/mol. The molecule has 0 unspecified atom stereocenters. The molecule has 1 aliphatic carbocycles. The summed E-state index contributed by atoms with van der Waals surface area (Å²) in [7, 11) is 0. The molecule has 2 aromatic heterocycles. The molecule has 0 saturated carbocycles. The first-order chi connectivity index (χ1) is 12.1. The van der Waals surface area contributed by atoms with Crippen LogP contribution in [-0.2, 0) is 19.4 Å². The van der Waals surface area contributed by atoms with Crippen LogP contribution in [0.1, 0.15) is 16.9 Å². The van der Waals surface area contributed by atoms with Gasteiger partial charge in [-0.3, -0.25) is 9.36 Å². The molecule has 0 radical (unpaired) electrons. The molecule has 3 aromatic rings. The highest BCUT2D eigenvalue weighted by Gasteiger charge is 2.21. The van der Waals surface area contributed by atoms with E-state index < -0.39 is 6.10 Å². The Hall–Kier alpha value is -1.70. The van der Waals surface area contributed by atoms with Crippen molar-refractivity contribution in [2.75, 3.05) is 6.61 Å². The molecule has 7 heteroatoms. The smallest absolute Gasteiger partial charge is 0.262 e. The lowest BCUT2D eigenvalue weighted by molar-refractivity contribution is 0.0914. The average molecular weight is 421 g/mol. The summed E-state index contributed by atoms with van der Waals surface area (Å²) in [5, 5.41) is 11.0. The number of thiophene rings is 1. The highest BCUT2D eigenvalue weighted by atomic mass is 79.9. The second-order valence-electron chi connectivity index (χ2n) is 6.16. The van der Waals surface area contributed by atoms with Gasteiger partial charge < -0.3 is 9.84 Å². The summed E-state index contributed by atoms with van der Waals surface area (Å²) in [5.41, 5.74) is 1.10. The van der Waals surface area contributed by atoms with Crippen molar-refractivity contribution >= 4 is 37.5 Å². The highest BCUT2D eigenvalue weighted by molar-refractivity contribution is 9.10. The van der Waals surface area contributed by atoms with E-state index in [2.05, 4.69) is 20.9 Å². The Morgan fingerprint density at radius 2 is 2.28 bits per heavy atom. The van der Waals surface area contributed by atoms with Crippen LogP contribution >= 0.6 is 27.3 Å². The average Bonchev–Trinajstić information content (AvgIpc) is 3.16. The number of ether oxygens (including phenoxy) is 1. The molecular formula is C18H17BrN2O3S.